The van der Waals surface area contributed by atoms with Gasteiger partial charge in [0.05, 0.1) is 18.1 Å². The molecule has 1 saturated heterocycles. The van der Waals surface area contributed by atoms with E-state index < -0.39 is 5.69 Å². The Hall–Kier alpha value is -2.44. The summed E-state index contributed by atoms with van der Waals surface area (Å²) in [5, 5.41) is 9.97. The molecule has 1 aromatic carbocycles. The molecule has 6 nitrogen and oxygen atoms in total. The molecule has 2 atom stereocenters. The van der Waals surface area contributed by atoms with Crippen molar-refractivity contribution in [2.45, 2.75) is 44.9 Å². The summed E-state index contributed by atoms with van der Waals surface area (Å²) >= 11 is 0. The minimum absolute atomic E-state index is 0.0369. The summed E-state index contributed by atoms with van der Waals surface area (Å²) in [5.41, 5.74) is 2.18. The van der Waals surface area contributed by atoms with Crippen LogP contribution >= 0.6 is 0 Å². The highest BCUT2D eigenvalue weighted by Gasteiger charge is 2.27. The third-order valence-electron chi connectivity index (χ3n) is 4.81. The summed E-state index contributed by atoms with van der Waals surface area (Å²) in [6.45, 7) is 2.12. The van der Waals surface area contributed by atoms with Gasteiger partial charge in [-0.1, -0.05) is 37.6 Å². The molecule has 26 heavy (non-hydrogen) atoms. The highest BCUT2D eigenvalue weighted by atomic mass is 16.5. The molecule has 0 spiro atoms. The first kappa shape index (κ1) is 17.0. The molecular weight excluding hydrogens is 332 g/mol. The first-order valence-corrected chi connectivity index (χ1v) is 9.06. The lowest BCUT2D eigenvalue weighted by Gasteiger charge is -2.14. The Labute approximate surface area is 151 Å². The van der Waals surface area contributed by atoms with Gasteiger partial charge >= 0.3 is 5.69 Å². The van der Waals surface area contributed by atoms with Gasteiger partial charge in [0.15, 0.2) is 0 Å². The maximum atomic E-state index is 12.3. The Balaban J connectivity index is 1.66. The minimum atomic E-state index is -0.403. The molecular formula is C20H22N2O4. The Kier molecular flexibility index (Phi) is 4.61. The van der Waals surface area contributed by atoms with E-state index >= 15 is 0 Å². The summed E-state index contributed by atoms with van der Waals surface area (Å²) < 4.78 is 13.0. The zero-order chi connectivity index (χ0) is 18.1. The lowest BCUT2D eigenvalue weighted by molar-refractivity contribution is -0.0243. The van der Waals surface area contributed by atoms with Crippen molar-refractivity contribution in [1.82, 2.24) is 9.55 Å². The normalized spacial score (nSPS) is 20.1. The van der Waals surface area contributed by atoms with Crippen LogP contribution < -0.4 is 5.69 Å². The molecule has 4 rings (SSSR count). The molecule has 2 aromatic heterocycles. The van der Waals surface area contributed by atoms with Crippen LogP contribution in [-0.2, 0) is 11.2 Å². The summed E-state index contributed by atoms with van der Waals surface area (Å²) in [6, 6.07) is 10.1. The van der Waals surface area contributed by atoms with Crippen LogP contribution in [0.15, 0.2) is 45.7 Å². The number of rotatable bonds is 5. The Morgan fingerprint density at radius 3 is 2.77 bits per heavy atom. The fraction of sp³-hybridized carbons (Fsp3) is 0.400. The standard InChI is InChI=1S/C20H22N2O4/c1-2-3-13-4-6-14(7-5-13)17-10-15-11-22(20(24)21-19(15)26-17)18-9-8-16(12-23)25-18/h4-7,10-11,16,18,23H,2-3,8-9,12H2,1H3/t16-,18?/m0/s1. The van der Waals surface area contributed by atoms with Gasteiger partial charge in [0.1, 0.15) is 12.0 Å². The maximum Gasteiger partial charge on any atom is 0.353 e. The Morgan fingerprint density at radius 2 is 2.08 bits per heavy atom. The third-order valence-corrected chi connectivity index (χ3v) is 4.81. The molecule has 1 unspecified atom stereocenters. The van der Waals surface area contributed by atoms with Crippen LogP contribution in [0.3, 0.4) is 0 Å². The number of ether oxygens (including phenoxy) is 1. The molecule has 0 amide bonds. The van der Waals surface area contributed by atoms with Crippen LogP contribution in [0, 0.1) is 0 Å². The molecule has 0 aliphatic carbocycles. The van der Waals surface area contributed by atoms with Crippen LogP contribution in [0.2, 0.25) is 0 Å². The molecule has 136 valence electrons. The van der Waals surface area contributed by atoms with Gasteiger partial charge < -0.3 is 14.3 Å². The van der Waals surface area contributed by atoms with E-state index in [-0.39, 0.29) is 18.9 Å². The van der Waals surface area contributed by atoms with Gasteiger partial charge in [-0.15, -0.1) is 0 Å². The van der Waals surface area contributed by atoms with Gasteiger partial charge in [0.2, 0.25) is 5.71 Å². The molecule has 3 aromatic rings. The summed E-state index contributed by atoms with van der Waals surface area (Å²) in [5.74, 6) is 0.688. The van der Waals surface area contributed by atoms with Gasteiger partial charge in [0, 0.05) is 11.8 Å². The molecule has 3 heterocycles. The van der Waals surface area contributed by atoms with Crippen LogP contribution in [0.1, 0.15) is 38.0 Å². The zero-order valence-electron chi connectivity index (χ0n) is 14.7. The van der Waals surface area contributed by atoms with Crippen LogP contribution in [0.25, 0.3) is 22.4 Å². The first-order valence-electron chi connectivity index (χ1n) is 9.06. The third kappa shape index (κ3) is 3.18. The number of furan rings is 1. The highest BCUT2D eigenvalue weighted by Crippen LogP contribution is 2.30. The van der Waals surface area contributed by atoms with Gasteiger partial charge in [0.25, 0.3) is 0 Å². The van der Waals surface area contributed by atoms with Gasteiger partial charge in [-0.3, -0.25) is 4.57 Å². The minimum Gasteiger partial charge on any atom is -0.437 e. The fourth-order valence-corrected chi connectivity index (χ4v) is 3.42. The number of aryl methyl sites for hydroxylation is 1. The lowest BCUT2D eigenvalue weighted by atomic mass is 10.1. The SMILES string of the molecule is CCCc1ccc(-c2cc3cn(C4CC[C@@H](CO)O4)c(=O)nc3o2)cc1. The quantitative estimate of drug-likeness (QED) is 0.761. The average molecular weight is 354 g/mol. The van der Waals surface area contributed by atoms with E-state index in [9.17, 15) is 9.90 Å². The van der Waals surface area contributed by atoms with Gasteiger partial charge in [-0.2, -0.15) is 4.98 Å². The van der Waals surface area contributed by atoms with Crippen molar-refractivity contribution in [3.63, 3.8) is 0 Å². The lowest BCUT2D eigenvalue weighted by Crippen LogP contribution is -2.27. The molecule has 6 heteroatoms. The predicted molar refractivity (Wildman–Crippen MR) is 97.9 cm³/mol. The average Bonchev–Trinajstić information content (AvgIpc) is 3.28. The number of aliphatic hydroxyl groups excluding tert-OH is 1. The number of nitrogens with zero attached hydrogens (tertiary/aromatic N) is 2. The van der Waals surface area contributed by atoms with E-state index in [0.717, 1.165) is 30.2 Å². The van der Waals surface area contributed by atoms with Crippen molar-refractivity contribution in [1.29, 1.82) is 0 Å². The predicted octanol–water partition coefficient (Wildman–Crippen LogP) is 3.28. The molecule has 0 saturated carbocycles. The van der Waals surface area contributed by atoms with Crippen molar-refractivity contribution in [3.05, 3.63) is 52.6 Å². The van der Waals surface area contributed by atoms with E-state index in [1.54, 1.807) is 6.20 Å². The fourth-order valence-electron chi connectivity index (χ4n) is 3.42. The van der Waals surface area contributed by atoms with Gasteiger partial charge in [-0.25, -0.2) is 4.79 Å². The maximum absolute atomic E-state index is 12.3. The first-order chi connectivity index (χ1) is 12.7. The van der Waals surface area contributed by atoms with E-state index in [1.807, 2.05) is 18.2 Å². The number of hydrogen-bond donors (Lipinski definition) is 1. The number of hydrogen-bond acceptors (Lipinski definition) is 5. The van der Waals surface area contributed by atoms with Crippen LogP contribution in [0.4, 0.5) is 0 Å². The smallest absolute Gasteiger partial charge is 0.353 e. The van der Waals surface area contributed by atoms with Crippen molar-refractivity contribution in [2.24, 2.45) is 0 Å². The zero-order valence-corrected chi connectivity index (χ0v) is 14.7. The molecule has 1 aliphatic heterocycles. The van der Waals surface area contributed by atoms with E-state index in [4.69, 9.17) is 9.15 Å². The van der Waals surface area contributed by atoms with E-state index in [0.29, 0.717) is 17.9 Å². The van der Waals surface area contributed by atoms with Crippen molar-refractivity contribution >= 4 is 11.1 Å². The second-order valence-corrected chi connectivity index (χ2v) is 6.72. The number of fused-ring (bicyclic) bond motifs is 1. The molecule has 0 radical (unpaired) electrons. The largest absolute Gasteiger partial charge is 0.437 e. The van der Waals surface area contributed by atoms with Crippen LogP contribution in [0.5, 0.6) is 0 Å². The highest BCUT2D eigenvalue weighted by molar-refractivity contribution is 5.79. The topological polar surface area (TPSA) is 77.5 Å². The number of benzene rings is 1. The molecule has 1 N–H and O–H groups in total. The number of aromatic nitrogens is 2. The number of aliphatic hydroxyl groups is 1. The second-order valence-electron chi connectivity index (χ2n) is 6.72. The Morgan fingerprint density at radius 1 is 1.27 bits per heavy atom. The monoisotopic (exact) mass is 354 g/mol. The molecule has 1 aliphatic rings. The second kappa shape index (κ2) is 7.05. The molecule has 1 fully saturated rings. The van der Waals surface area contributed by atoms with Gasteiger partial charge in [-0.05, 0) is 30.9 Å². The van der Waals surface area contributed by atoms with Crippen LogP contribution in [-0.4, -0.2) is 27.4 Å². The van der Waals surface area contributed by atoms with E-state index in [1.165, 1.54) is 10.1 Å². The summed E-state index contributed by atoms with van der Waals surface area (Å²) in [7, 11) is 0. The molecule has 0 bridgehead atoms. The van der Waals surface area contributed by atoms with Crippen molar-refractivity contribution in [3.8, 4) is 11.3 Å². The van der Waals surface area contributed by atoms with E-state index in [2.05, 4.69) is 24.0 Å². The van der Waals surface area contributed by atoms with Crippen molar-refractivity contribution < 1.29 is 14.3 Å². The Bertz CT molecular complexity index is 958. The summed E-state index contributed by atoms with van der Waals surface area (Å²) in [4.78, 5) is 16.4. The van der Waals surface area contributed by atoms with Crippen molar-refractivity contribution in [2.75, 3.05) is 6.61 Å². The summed E-state index contributed by atoms with van der Waals surface area (Å²) in [6.07, 6.45) is 4.70.